The summed E-state index contributed by atoms with van der Waals surface area (Å²) in [5.74, 6) is 3.78. The van der Waals surface area contributed by atoms with E-state index >= 15 is 0 Å². The monoisotopic (exact) mass is 1140 g/mol. The number of hydrogen-bond acceptors (Lipinski definition) is 10. The van der Waals surface area contributed by atoms with E-state index in [0.717, 1.165) is 106 Å². The molecule has 0 fully saturated rings. The highest BCUT2D eigenvalue weighted by Crippen LogP contribution is 2.46. The van der Waals surface area contributed by atoms with Crippen molar-refractivity contribution >= 4 is 21.8 Å². The molecule has 11 aromatic carbocycles. The van der Waals surface area contributed by atoms with Crippen LogP contribution in [0.4, 0.5) is 0 Å². The van der Waals surface area contributed by atoms with Crippen LogP contribution in [0.1, 0.15) is 11.1 Å². The Kier molecular flexibility index (Phi) is 13.7. The van der Waals surface area contributed by atoms with Gasteiger partial charge in [-0.05, 0) is 90.0 Å². The molecular weight excluding hydrogens is 1090 g/mol. The molecule has 4 aromatic heterocycles. The lowest BCUT2D eigenvalue weighted by Crippen LogP contribution is -2.03. The summed E-state index contributed by atoms with van der Waals surface area (Å²) in [7, 11) is 0. The Labute approximate surface area is 512 Å². The average molecular weight is 1140 g/mol. The molecule has 0 radical (unpaired) electrons. The van der Waals surface area contributed by atoms with Crippen molar-refractivity contribution in [2.24, 2.45) is 0 Å². The van der Waals surface area contributed by atoms with Gasteiger partial charge in [0, 0.05) is 72.0 Å². The summed E-state index contributed by atoms with van der Waals surface area (Å²) >= 11 is 0. The van der Waals surface area contributed by atoms with Gasteiger partial charge >= 0.3 is 0 Å². The van der Waals surface area contributed by atoms with Gasteiger partial charge in [-0.15, -0.1) is 0 Å². The zero-order chi connectivity index (χ0) is 59.6. The van der Waals surface area contributed by atoms with Gasteiger partial charge in [-0.2, -0.15) is 10.5 Å². The fourth-order valence-corrected chi connectivity index (χ4v) is 11.4. The third kappa shape index (κ3) is 10.4. The predicted octanol–water partition coefficient (Wildman–Crippen LogP) is 18.0. The van der Waals surface area contributed by atoms with Gasteiger partial charge < -0.3 is 4.57 Å². The molecule has 0 aliphatic rings. The maximum Gasteiger partial charge on any atom is 0.164 e. The molecular formula is C78H47N11. The van der Waals surface area contributed by atoms with Gasteiger partial charge in [-0.1, -0.05) is 206 Å². The van der Waals surface area contributed by atoms with E-state index in [-0.39, 0.29) is 0 Å². The van der Waals surface area contributed by atoms with E-state index in [2.05, 4.69) is 77.4 Å². The highest BCUT2D eigenvalue weighted by Gasteiger charge is 2.25. The molecule has 0 N–H and O–H groups in total. The van der Waals surface area contributed by atoms with Crippen LogP contribution >= 0.6 is 0 Å². The molecule has 4 heterocycles. The minimum atomic E-state index is 0.504. The first-order valence-corrected chi connectivity index (χ1v) is 29.0. The highest BCUT2D eigenvalue weighted by atomic mass is 15.0. The topological polar surface area (TPSA) is 156 Å². The second-order valence-corrected chi connectivity index (χ2v) is 21.4. The van der Waals surface area contributed by atoms with Crippen LogP contribution in [0, 0.1) is 22.7 Å². The van der Waals surface area contributed by atoms with Gasteiger partial charge in [0.2, 0.25) is 0 Å². The summed E-state index contributed by atoms with van der Waals surface area (Å²) in [4.78, 5) is 41.4. The van der Waals surface area contributed by atoms with Crippen LogP contribution in [0.3, 0.4) is 0 Å². The summed E-state index contributed by atoms with van der Waals surface area (Å²) in [5, 5.41) is 22.2. The summed E-state index contributed by atoms with van der Waals surface area (Å²) in [6.07, 6.45) is 0. The number of nitrogens with zero attached hydrogens (tertiary/aromatic N) is 11. The van der Waals surface area contributed by atoms with E-state index in [4.69, 9.17) is 39.9 Å². The Hall–Kier alpha value is -12.7. The zero-order valence-corrected chi connectivity index (χ0v) is 47.6. The van der Waals surface area contributed by atoms with E-state index in [1.54, 1.807) is 0 Å². The molecule has 89 heavy (non-hydrogen) atoms. The SMILES string of the molecule is N#Cc1ccc(-c2cc(-c3cc(-c4ccccc4)nc(-c4ccccc4)n3)cc(-c3ccc(C#N)cc3)c2-n2c3ccc(-c4nc(-c5ccccc5)nc(-c5ccccc5)n4)cc3c3cc(-c4nc(-c5ccccc5)nc(-c5ccccc5)n4)ccc32)cc1. The van der Waals surface area contributed by atoms with E-state index in [0.29, 0.717) is 57.6 Å². The molecule has 0 aliphatic heterocycles. The van der Waals surface area contributed by atoms with Crippen molar-refractivity contribution in [1.29, 1.82) is 10.5 Å². The van der Waals surface area contributed by atoms with Crippen molar-refractivity contribution < 1.29 is 0 Å². The van der Waals surface area contributed by atoms with E-state index in [9.17, 15) is 10.5 Å². The number of rotatable bonds is 12. The first kappa shape index (κ1) is 53.1. The van der Waals surface area contributed by atoms with Gasteiger partial charge in [0.15, 0.2) is 40.8 Å². The minimum Gasteiger partial charge on any atom is -0.308 e. The van der Waals surface area contributed by atoms with E-state index < -0.39 is 0 Å². The first-order chi connectivity index (χ1) is 44.0. The van der Waals surface area contributed by atoms with Gasteiger partial charge in [-0.3, -0.25) is 0 Å². The van der Waals surface area contributed by atoms with Gasteiger partial charge in [0.1, 0.15) is 0 Å². The van der Waals surface area contributed by atoms with Crippen LogP contribution < -0.4 is 0 Å². The van der Waals surface area contributed by atoms with Gasteiger partial charge in [-0.25, -0.2) is 39.9 Å². The number of nitriles is 2. The van der Waals surface area contributed by atoms with Gasteiger partial charge in [0.05, 0.1) is 51.4 Å². The maximum absolute atomic E-state index is 10.2. The standard InChI is InChI=1S/C78H47N11/c79-48-50-31-35-52(36-32-50)63-45-62(68-47-67(54-19-7-1-8-20-54)81-72(82-68)55-21-9-2-10-22-55)46-64(53-37-33-51(49-80)34-38-53)71(63)89-69-41-39-60(77-85-73(56-23-11-3-12-24-56)83-74(86-77)57-25-13-4-14-26-57)43-65(69)66-44-61(40-42-70(66)89)78-87-75(58-27-15-5-16-28-58)84-76(88-78)59-29-17-6-18-30-59/h1-47H. The quantitative estimate of drug-likeness (QED) is 0.115. The van der Waals surface area contributed by atoms with Gasteiger partial charge in [0.25, 0.3) is 0 Å². The molecule has 0 spiro atoms. The fraction of sp³-hybridized carbons (Fsp3) is 0. The molecule has 0 saturated carbocycles. The van der Waals surface area contributed by atoms with Crippen LogP contribution in [0.15, 0.2) is 285 Å². The van der Waals surface area contributed by atoms with Crippen LogP contribution in [-0.2, 0) is 0 Å². The molecule has 0 amide bonds. The number of benzene rings is 11. The second kappa shape index (κ2) is 23.0. The van der Waals surface area contributed by atoms with Crippen LogP contribution in [0.25, 0.3) is 152 Å². The molecule has 11 nitrogen and oxygen atoms in total. The Morgan fingerprint density at radius 2 is 0.517 bits per heavy atom. The first-order valence-electron chi connectivity index (χ1n) is 29.0. The molecule has 0 atom stereocenters. The third-order valence-electron chi connectivity index (χ3n) is 15.8. The summed E-state index contributed by atoms with van der Waals surface area (Å²) in [6, 6.07) is 99.4. The highest BCUT2D eigenvalue weighted by molar-refractivity contribution is 6.13. The van der Waals surface area contributed by atoms with E-state index in [1.165, 1.54) is 0 Å². The Morgan fingerprint density at radius 3 is 0.843 bits per heavy atom. The number of hydrogen-bond donors (Lipinski definition) is 0. The molecule has 15 aromatic rings. The average Bonchev–Trinajstić information content (AvgIpc) is 1.70. The third-order valence-corrected chi connectivity index (χ3v) is 15.8. The molecule has 0 bridgehead atoms. The fourth-order valence-electron chi connectivity index (χ4n) is 11.4. The molecule has 11 heteroatoms. The van der Waals surface area contributed by atoms with Crippen molar-refractivity contribution in [1.82, 2.24) is 44.4 Å². The molecule has 0 aliphatic carbocycles. The molecule has 414 valence electrons. The Bertz CT molecular complexity index is 4790. The van der Waals surface area contributed by atoms with Crippen molar-refractivity contribution in [2.45, 2.75) is 0 Å². The number of aromatic nitrogens is 9. The zero-order valence-electron chi connectivity index (χ0n) is 47.6. The van der Waals surface area contributed by atoms with Crippen molar-refractivity contribution in [2.75, 3.05) is 0 Å². The van der Waals surface area contributed by atoms with Crippen molar-refractivity contribution in [3.8, 4) is 142 Å². The largest absolute Gasteiger partial charge is 0.308 e. The molecule has 0 unspecified atom stereocenters. The molecule has 0 saturated heterocycles. The maximum atomic E-state index is 10.2. The van der Waals surface area contributed by atoms with E-state index in [1.807, 2.05) is 224 Å². The lowest BCUT2D eigenvalue weighted by Gasteiger charge is -2.21. The lowest BCUT2D eigenvalue weighted by molar-refractivity contribution is 1.07. The Morgan fingerprint density at radius 1 is 0.236 bits per heavy atom. The van der Waals surface area contributed by atoms with Crippen LogP contribution in [0.2, 0.25) is 0 Å². The summed E-state index contributed by atoms with van der Waals surface area (Å²) in [6.45, 7) is 0. The van der Waals surface area contributed by atoms with Crippen molar-refractivity contribution in [3.05, 3.63) is 296 Å². The lowest BCUT2D eigenvalue weighted by atomic mass is 9.91. The minimum absolute atomic E-state index is 0.504. The van der Waals surface area contributed by atoms with Crippen LogP contribution in [-0.4, -0.2) is 44.4 Å². The smallest absolute Gasteiger partial charge is 0.164 e. The van der Waals surface area contributed by atoms with Crippen molar-refractivity contribution in [3.63, 3.8) is 0 Å². The predicted molar refractivity (Wildman–Crippen MR) is 352 cm³/mol. The summed E-state index contributed by atoms with van der Waals surface area (Å²) in [5.41, 5.74) is 16.2. The normalized spacial score (nSPS) is 11.1. The molecule has 15 rings (SSSR count). The summed E-state index contributed by atoms with van der Waals surface area (Å²) < 4.78 is 2.32. The Balaban J connectivity index is 1.04. The second-order valence-electron chi connectivity index (χ2n) is 21.4. The number of fused-ring (bicyclic) bond motifs is 3. The van der Waals surface area contributed by atoms with Crippen LogP contribution in [0.5, 0.6) is 0 Å².